The average Bonchev–Trinajstić information content (AvgIpc) is 3.09. The zero-order chi connectivity index (χ0) is 21.7. The number of hydrogen-bond donors (Lipinski definition) is 1. The van der Waals surface area contributed by atoms with Crippen molar-refractivity contribution < 1.29 is 13.9 Å². The molecule has 1 aromatic heterocycles. The quantitative estimate of drug-likeness (QED) is 0.489. The van der Waals surface area contributed by atoms with E-state index in [1.54, 1.807) is 18.5 Å². The molecule has 0 aliphatic rings. The molecule has 0 spiro atoms. The smallest absolute Gasteiger partial charge is 0.234 e. The fraction of sp³-hybridized carbons (Fsp3) is 0.286. The second-order valence-electron chi connectivity index (χ2n) is 6.58. The number of hydrogen-bond acceptors (Lipinski definition) is 5. The van der Waals surface area contributed by atoms with Gasteiger partial charge in [0.15, 0.2) is 17.1 Å². The van der Waals surface area contributed by atoms with Gasteiger partial charge in [-0.15, -0.1) is 10.2 Å². The summed E-state index contributed by atoms with van der Waals surface area (Å²) in [6.07, 6.45) is 0.372. The van der Waals surface area contributed by atoms with E-state index in [0.717, 1.165) is 17.7 Å². The number of rotatable bonds is 8. The van der Waals surface area contributed by atoms with Crippen LogP contribution in [0.25, 0.3) is 0 Å². The van der Waals surface area contributed by atoms with Gasteiger partial charge in [-0.3, -0.25) is 4.79 Å². The number of aromatic nitrogens is 3. The molecular weight excluding hydrogens is 427 g/mol. The molecule has 0 saturated carbocycles. The standard InChI is InChI=1S/C21H22ClFN4O2S/c1-4-14-7-5-6-8-17(14)24-19(28)12-30-21-26-25-20(27(21)3)13(2)29-18-10-9-15(23)11-16(18)22/h5-11,13H,4,12H2,1-3H3,(H,24,28). The number of aryl methyl sites for hydroxylation is 1. The third-order valence-corrected chi connectivity index (χ3v) is 5.75. The molecule has 1 amide bonds. The Morgan fingerprint density at radius 2 is 2.07 bits per heavy atom. The molecule has 158 valence electrons. The second-order valence-corrected chi connectivity index (χ2v) is 7.93. The number of halogens is 2. The minimum Gasteiger partial charge on any atom is -0.481 e. The summed E-state index contributed by atoms with van der Waals surface area (Å²) in [5, 5.41) is 12.0. The summed E-state index contributed by atoms with van der Waals surface area (Å²) in [5.41, 5.74) is 1.91. The molecule has 0 aliphatic heterocycles. The van der Waals surface area contributed by atoms with Gasteiger partial charge < -0.3 is 14.6 Å². The van der Waals surface area contributed by atoms with Crippen molar-refractivity contribution in [3.8, 4) is 5.75 Å². The number of nitrogens with zero attached hydrogens (tertiary/aromatic N) is 3. The maximum atomic E-state index is 13.2. The molecule has 0 radical (unpaired) electrons. The maximum Gasteiger partial charge on any atom is 0.234 e. The lowest BCUT2D eigenvalue weighted by molar-refractivity contribution is -0.113. The molecule has 0 aliphatic carbocycles. The Morgan fingerprint density at radius 1 is 1.30 bits per heavy atom. The van der Waals surface area contributed by atoms with Crippen molar-refractivity contribution in [3.63, 3.8) is 0 Å². The van der Waals surface area contributed by atoms with Crippen LogP contribution < -0.4 is 10.1 Å². The van der Waals surface area contributed by atoms with Gasteiger partial charge in [0.05, 0.1) is 10.8 Å². The summed E-state index contributed by atoms with van der Waals surface area (Å²) in [5.74, 6) is 0.569. The van der Waals surface area contributed by atoms with E-state index < -0.39 is 11.9 Å². The number of ether oxygens (including phenoxy) is 1. The van der Waals surface area contributed by atoms with Crippen molar-refractivity contribution in [1.82, 2.24) is 14.8 Å². The topological polar surface area (TPSA) is 69.0 Å². The Morgan fingerprint density at radius 3 is 2.80 bits per heavy atom. The molecular formula is C21H22ClFN4O2S. The molecule has 0 fully saturated rings. The Hall–Kier alpha value is -2.58. The third-order valence-electron chi connectivity index (χ3n) is 4.43. The van der Waals surface area contributed by atoms with E-state index in [-0.39, 0.29) is 16.7 Å². The number of carbonyl (C=O) groups is 1. The van der Waals surface area contributed by atoms with Crippen molar-refractivity contribution in [3.05, 3.63) is 64.7 Å². The van der Waals surface area contributed by atoms with Crippen LogP contribution in [0, 0.1) is 5.82 Å². The summed E-state index contributed by atoms with van der Waals surface area (Å²) in [4.78, 5) is 12.4. The first-order valence-corrected chi connectivity index (χ1v) is 10.8. The van der Waals surface area contributed by atoms with Crippen molar-refractivity contribution >= 4 is 35.0 Å². The largest absolute Gasteiger partial charge is 0.481 e. The second kappa shape index (κ2) is 9.95. The Balaban J connectivity index is 1.61. The predicted molar refractivity (Wildman–Crippen MR) is 117 cm³/mol. The number of anilines is 1. The summed E-state index contributed by atoms with van der Waals surface area (Å²) < 4.78 is 20.8. The molecule has 3 rings (SSSR count). The number of amides is 1. The van der Waals surface area contributed by atoms with E-state index in [2.05, 4.69) is 15.5 Å². The highest BCUT2D eigenvalue weighted by Gasteiger charge is 2.19. The number of benzene rings is 2. The molecule has 1 unspecified atom stereocenters. The molecule has 0 bridgehead atoms. The fourth-order valence-electron chi connectivity index (χ4n) is 2.89. The summed E-state index contributed by atoms with van der Waals surface area (Å²) in [6, 6.07) is 11.7. The van der Waals surface area contributed by atoms with Crippen LogP contribution in [0.1, 0.15) is 31.3 Å². The first-order chi connectivity index (χ1) is 14.4. The van der Waals surface area contributed by atoms with E-state index in [0.29, 0.717) is 16.7 Å². The highest BCUT2D eigenvalue weighted by molar-refractivity contribution is 7.99. The van der Waals surface area contributed by atoms with Crippen LogP contribution in [0.3, 0.4) is 0 Å². The predicted octanol–water partition coefficient (Wildman–Crippen LogP) is 5.04. The van der Waals surface area contributed by atoms with Gasteiger partial charge in [0.2, 0.25) is 5.91 Å². The Bertz CT molecular complexity index is 1040. The van der Waals surface area contributed by atoms with Gasteiger partial charge in [0, 0.05) is 12.7 Å². The molecule has 2 aromatic carbocycles. The lowest BCUT2D eigenvalue weighted by Gasteiger charge is -2.15. The van der Waals surface area contributed by atoms with Gasteiger partial charge in [-0.25, -0.2) is 4.39 Å². The highest BCUT2D eigenvalue weighted by Crippen LogP contribution is 2.30. The lowest BCUT2D eigenvalue weighted by atomic mass is 10.1. The average molecular weight is 449 g/mol. The monoisotopic (exact) mass is 448 g/mol. The minimum atomic E-state index is -0.468. The number of carbonyl (C=O) groups excluding carboxylic acids is 1. The molecule has 3 aromatic rings. The van der Waals surface area contributed by atoms with Crippen molar-refractivity contribution in [1.29, 1.82) is 0 Å². The molecule has 0 saturated heterocycles. The van der Waals surface area contributed by atoms with E-state index >= 15 is 0 Å². The van der Waals surface area contributed by atoms with Gasteiger partial charge >= 0.3 is 0 Å². The van der Waals surface area contributed by atoms with Crippen LogP contribution in [-0.4, -0.2) is 26.4 Å². The van der Waals surface area contributed by atoms with Crippen LogP contribution >= 0.6 is 23.4 Å². The van der Waals surface area contributed by atoms with E-state index in [1.165, 1.54) is 30.0 Å². The molecule has 1 N–H and O–H groups in total. The van der Waals surface area contributed by atoms with Gasteiger partial charge in [0.25, 0.3) is 0 Å². The third kappa shape index (κ3) is 5.31. The van der Waals surface area contributed by atoms with E-state index in [4.69, 9.17) is 16.3 Å². The van der Waals surface area contributed by atoms with Gasteiger partial charge in [0.1, 0.15) is 11.6 Å². The molecule has 1 atom stereocenters. The maximum absolute atomic E-state index is 13.2. The van der Waals surface area contributed by atoms with Crippen molar-refractivity contribution in [2.24, 2.45) is 7.05 Å². The highest BCUT2D eigenvalue weighted by atomic mass is 35.5. The fourth-order valence-corrected chi connectivity index (χ4v) is 3.82. The molecule has 30 heavy (non-hydrogen) atoms. The first-order valence-electron chi connectivity index (χ1n) is 9.40. The van der Waals surface area contributed by atoms with E-state index in [9.17, 15) is 9.18 Å². The number of nitrogens with one attached hydrogen (secondary N) is 1. The van der Waals surface area contributed by atoms with Crippen LogP contribution in [0.5, 0.6) is 5.75 Å². The van der Waals surface area contributed by atoms with Crippen LogP contribution in [0.15, 0.2) is 47.6 Å². The summed E-state index contributed by atoms with van der Waals surface area (Å²) >= 11 is 7.31. The van der Waals surface area contributed by atoms with E-state index in [1.807, 2.05) is 31.2 Å². The zero-order valence-electron chi connectivity index (χ0n) is 16.9. The van der Waals surface area contributed by atoms with Crippen LogP contribution in [-0.2, 0) is 18.3 Å². The summed E-state index contributed by atoms with van der Waals surface area (Å²) in [6.45, 7) is 3.84. The Labute approximate surface area is 183 Å². The first kappa shape index (κ1) is 22.1. The lowest BCUT2D eigenvalue weighted by Crippen LogP contribution is -2.16. The number of para-hydroxylation sites is 1. The van der Waals surface area contributed by atoms with Crippen LogP contribution in [0.4, 0.5) is 10.1 Å². The molecule has 9 heteroatoms. The number of thioether (sulfide) groups is 1. The minimum absolute atomic E-state index is 0.118. The van der Waals surface area contributed by atoms with Gasteiger partial charge in [-0.2, -0.15) is 0 Å². The molecule has 6 nitrogen and oxygen atoms in total. The normalized spacial score (nSPS) is 11.9. The van der Waals surface area contributed by atoms with Crippen LogP contribution in [0.2, 0.25) is 5.02 Å². The summed E-state index contributed by atoms with van der Waals surface area (Å²) in [7, 11) is 1.80. The van der Waals surface area contributed by atoms with Crippen molar-refractivity contribution in [2.75, 3.05) is 11.1 Å². The van der Waals surface area contributed by atoms with Gasteiger partial charge in [-0.1, -0.05) is 48.5 Å². The van der Waals surface area contributed by atoms with Crippen molar-refractivity contribution in [2.45, 2.75) is 31.5 Å². The zero-order valence-corrected chi connectivity index (χ0v) is 18.4. The SMILES string of the molecule is CCc1ccccc1NC(=O)CSc1nnc(C(C)Oc2ccc(F)cc2Cl)n1C. The van der Waals surface area contributed by atoms with Gasteiger partial charge in [-0.05, 0) is 43.2 Å². The Kier molecular flexibility index (Phi) is 7.33. The molecule has 1 heterocycles.